The van der Waals surface area contributed by atoms with Gasteiger partial charge in [-0.15, -0.1) is 0 Å². The van der Waals surface area contributed by atoms with Gasteiger partial charge in [0.05, 0.1) is 32.0 Å². The van der Waals surface area contributed by atoms with E-state index in [1.165, 1.54) is 56.9 Å². The van der Waals surface area contributed by atoms with E-state index in [4.69, 9.17) is 19.3 Å². The molecule has 0 heterocycles. The average molecular weight is 583 g/mol. The SMILES string of the molecule is C=C(C)C(=O)OCC(COC(=O)C(=C)CO)CC1CCC(c2ccc(OCC3CCC(CCCCC)CC3)cc2)CC1. The number of aliphatic hydroxyl groups is 1. The van der Waals surface area contributed by atoms with Crippen molar-refractivity contribution in [3.8, 4) is 5.75 Å². The van der Waals surface area contributed by atoms with E-state index in [-0.39, 0.29) is 24.7 Å². The van der Waals surface area contributed by atoms with E-state index >= 15 is 0 Å². The lowest BCUT2D eigenvalue weighted by Crippen LogP contribution is -2.25. The van der Waals surface area contributed by atoms with Gasteiger partial charge in [-0.3, -0.25) is 0 Å². The fourth-order valence-corrected chi connectivity index (χ4v) is 6.48. The largest absolute Gasteiger partial charge is 0.493 e. The Kier molecular flexibility index (Phi) is 14.6. The van der Waals surface area contributed by atoms with Crippen molar-refractivity contribution in [1.82, 2.24) is 0 Å². The minimum absolute atomic E-state index is 0.0184. The Morgan fingerprint density at radius 1 is 0.857 bits per heavy atom. The average Bonchev–Trinajstić information content (AvgIpc) is 3.01. The van der Waals surface area contributed by atoms with Crippen LogP contribution in [0.1, 0.15) is 109 Å². The summed E-state index contributed by atoms with van der Waals surface area (Å²) < 4.78 is 16.9. The zero-order valence-electron chi connectivity index (χ0n) is 26.1. The smallest absolute Gasteiger partial charge is 0.335 e. The third kappa shape index (κ3) is 11.6. The first kappa shape index (κ1) is 33.9. The molecule has 0 aromatic heterocycles. The highest BCUT2D eigenvalue weighted by atomic mass is 16.5. The van der Waals surface area contributed by atoms with E-state index in [0.717, 1.165) is 50.4 Å². The highest BCUT2D eigenvalue weighted by molar-refractivity contribution is 5.88. The summed E-state index contributed by atoms with van der Waals surface area (Å²) in [5.74, 6) is 2.43. The van der Waals surface area contributed by atoms with Crippen LogP contribution < -0.4 is 4.74 Å². The van der Waals surface area contributed by atoms with Gasteiger partial charge in [0.15, 0.2) is 0 Å². The molecule has 2 aliphatic rings. The molecule has 1 atom stereocenters. The summed E-state index contributed by atoms with van der Waals surface area (Å²) in [7, 11) is 0. The summed E-state index contributed by atoms with van der Waals surface area (Å²) in [4.78, 5) is 23.9. The number of unbranched alkanes of at least 4 members (excludes halogenated alkanes) is 2. The standard InChI is InChI=1S/C36H54O6/c1-5-6-7-8-28-9-11-30(12-10-28)23-40-34-19-17-33(18-20-34)32-15-13-29(14-16-32)21-31(24-41-35(38)26(2)3)25-42-36(39)27(4)22-37/h17-20,28-32,37H,2,4-16,21-25H2,1,3H3. The van der Waals surface area contributed by atoms with Gasteiger partial charge in [-0.25, -0.2) is 9.59 Å². The quantitative estimate of drug-likeness (QED) is 0.114. The van der Waals surface area contributed by atoms with E-state index in [2.05, 4.69) is 44.3 Å². The fourth-order valence-electron chi connectivity index (χ4n) is 6.48. The lowest BCUT2D eigenvalue weighted by atomic mass is 9.76. The predicted molar refractivity (Wildman–Crippen MR) is 167 cm³/mol. The van der Waals surface area contributed by atoms with Gasteiger partial charge in [0.2, 0.25) is 0 Å². The van der Waals surface area contributed by atoms with Gasteiger partial charge < -0.3 is 19.3 Å². The van der Waals surface area contributed by atoms with Crippen molar-refractivity contribution < 1.29 is 28.9 Å². The molecular weight excluding hydrogens is 528 g/mol. The molecule has 2 aliphatic carbocycles. The molecule has 0 spiro atoms. The van der Waals surface area contributed by atoms with Crippen molar-refractivity contribution in [2.75, 3.05) is 26.4 Å². The molecule has 0 bridgehead atoms. The normalized spacial score (nSPS) is 23.0. The van der Waals surface area contributed by atoms with Gasteiger partial charge in [0.1, 0.15) is 5.75 Å². The van der Waals surface area contributed by atoms with Crippen LogP contribution in [0.5, 0.6) is 5.75 Å². The summed E-state index contributed by atoms with van der Waals surface area (Å²) in [6.45, 7) is 11.7. The van der Waals surface area contributed by atoms with E-state index in [1.54, 1.807) is 6.92 Å². The number of carbonyl (C=O) groups excluding carboxylic acids is 2. The van der Waals surface area contributed by atoms with Gasteiger partial charge in [-0.2, -0.15) is 0 Å². The van der Waals surface area contributed by atoms with Crippen molar-refractivity contribution in [1.29, 1.82) is 0 Å². The van der Waals surface area contributed by atoms with Crippen molar-refractivity contribution in [2.45, 2.75) is 103 Å². The summed E-state index contributed by atoms with van der Waals surface area (Å²) in [6.07, 6.45) is 16.0. The second-order valence-electron chi connectivity index (χ2n) is 12.8. The van der Waals surface area contributed by atoms with Crippen LogP contribution >= 0.6 is 0 Å². The van der Waals surface area contributed by atoms with Crippen LogP contribution in [0.15, 0.2) is 48.6 Å². The van der Waals surface area contributed by atoms with Crippen LogP contribution in [0.4, 0.5) is 0 Å². The third-order valence-corrected chi connectivity index (χ3v) is 9.26. The summed E-state index contributed by atoms with van der Waals surface area (Å²) in [5, 5.41) is 9.13. The van der Waals surface area contributed by atoms with E-state index < -0.39 is 18.5 Å². The third-order valence-electron chi connectivity index (χ3n) is 9.26. The number of aliphatic hydroxyl groups excluding tert-OH is 1. The van der Waals surface area contributed by atoms with Crippen LogP contribution in [-0.4, -0.2) is 43.5 Å². The highest BCUT2D eigenvalue weighted by Crippen LogP contribution is 2.39. The number of hydrogen-bond donors (Lipinski definition) is 1. The molecule has 6 nitrogen and oxygen atoms in total. The van der Waals surface area contributed by atoms with Crippen molar-refractivity contribution in [3.05, 3.63) is 54.1 Å². The number of ether oxygens (including phenoxy) is 3. The van der Waals surface area contributed by atoms with E-state index in [1.807, 2.05) is 0 Å². The first-order valence-corrected chi connectivity index (χ1v) is 16.3. The van der Waals surface area contributed by atoms with Crippen molar-refractivity contribution >= 4 is 11.9 Å². The van der Waals surface area contributed by atoms with Gasteiger partial charge in [-0.1, -0.05) is 70.7 Å². The molecule has 2 fully saturated rings. The van der Waals surface area contributed by atoms with Crippen molar-refractivity contribution in [3.63, 3.8) is 0 Å². The number of benzene rings is 1. The maximum Gasteiger partial charge on any atom is 0.335 e. The van der Waals surface area contributed by atoms with Crippen molar-refractivity contribution in [2.24, 2.45) is 23.7 Å². The first-order valence-electron chi connectivity index (χ1n) is 16.3. The van der Waals surface area contributed by atoms with Crippen LogP contribution in [0.25, 0.3) is 0 Å². The van der Waals surface area contributed by atoms with Crippen LogP contribution in [0.3, 0.4) is 0 Å². The molecule has 0 amide bonds. The minimum atomic E-state index is -0.616. The Labute approximate surface area is 253 Å². The molecule has 1 aromatic carbocycles. The molecule has 6 heteroatoms. The molecule has 0 saturated heterocycles. The molecule has 1 unspecified atom stereocenters. The summed E-state index contributed by atoms with van der Waals surface area (Å²) in [6, 6.07) is 8.74. The summed E-state index contributed by atoms with van der Waals surface area (Å²) >= 11 is 0. The molecule has 1 N–H and O–H groups in total. The first-order chi connectivity index (χ1) is 20.3. The highest BCUT2D eigenvalue weighted by Gasteiger charge is 2.27. The molecule has 1 aromatic rings. The number of carbonyl (C=O) groups is 2. The minimum Gasteiger partial charge on any atom is -0.493 e. The van der Waals surface area contributed by atoms with Crippen LogP contribution in [0, 0.1) is 23.7 Å². The van der Waals surface area contributed by atoms with E-state index in [9.17, 15) is 9.59 Å². The molecule has 0 radical (unpaired) electrons. The molecule has 42 heavy (non-hydrogen) atoms. The lowest BCUT2D eigenvalue weighted by molar-refractivity contribution is -0.144. The molecular formula is C36H54O6. The number of hydrogen-bond acceptors (Lipinski definition) is 6. The van der Waals surface area contributed by atoms with Crippen LogP contribution in [0.2, 0.25) is 0 Å². The van der Waals surface area contributed by atoms with E-state index in [0.29, 0.717) is 23.3 Å². The Morgan fingerprint density at radius 2 is 1.45 bits per heavy atom. The predicted octanol–water partition coefficient (Wildman–Crippen LogP) is 7.94. The second kappa shape index (κ2) is 18.1. The lowest BCUT2D eigenvalue weighted by Gasteiger charge is -2.31. The topological polar surface area (TPSA) is 82.1 Å². The zero-order valence-corrected chi connectivity index (χ0v) is 26.1. The Morgan fingerprint density at radius 3 is 2.05 bits per heavy atom. The Hall–Kier alpha value is -2.60. The molecule has 0 aliphatic heterocycles. The molecule has 2 saturated carbocycles. The Balaban J connectivity index is 1.41. The molecule has 234 valence electrons. The second-order valence-corrected chi connectivity index (χ2v) is 12.8. The Bertz CT molecular complexity index is 983. The zero-order chi connectivity index (χ0) is 30.3. The van der Waals surface area contributed by atoms with Gasteiger partial charge >= 0.3 is 11.9 Å². The van der Waals surface area contributed by atoms with Crippen LogP contribution in [-0.2, 0) is 19.1 Å². The fraction of sp³-hybridized carbons (Fsp3) is 0.667. The maximum absolute atomic E-state index is 12.0. The molecule has 3 rings (SSSR count). The summed E-state index contributed by atoms with van der Waals surface area (Å²) in [5.41, 5.74) is 1.73. The van der Waals surface area contributed by atoms with Gasteiger partial charge in [-0.05, 0) is 93.2 Å². The number of esters is 2. The maximum atomic E-state index is 12.0. The number of rotatable bonds is 17. The van der Waals surface area contributed by atoms with Gasteiger partial charge in [0.25, 0.3) is 0 Å². The monoisotopic (exact) mass is 582 g/mol. The van der Waals surface area contributed by atoms with Gasteiger partial charge in [0, 0.05) is 11.5 Å².